The summed E-state index contributed by atoms with van der Waals surface area (Å²) in [5.74, 6) is 0. The first kappa shape index (κ1) is 9.83. The minimum Gasteiger partial charge on any atom is -0.275 e. The average Bonchev–Trinajstić information content (AvgIpc) is 2.70. The number of carbonyl (C=O) groups is 1. The van der Waals surface area contributed by atoms with E-state index in [9.17, 15) is 4.79 Å². The predicted molar refractivity (Wildman–Crippen MR) is 60.3 cm³/mol. The van der Waals surface area contributed by atoms with Crippen LogP contribution in [0.2, 0.25) is 0 Å². The smallest absolute Gasteiger partial charge is 0.264 e. The van der Waals surface area contributed by atoms with Crippen LogP contribution in [0.5, 0.6) is 0 Å². The minimum atomic E-state index is -0.428. The van der Waals surface area contributed by atoms with Gasteiger partial charge in [0.15, 0.2) is 0 Å². The maximum absolute atomic E-state index is 11.0. The number of carbonyl (C=O) groups excluding carboxylic acids is 1. The van der Waals surface area contributed by atoms with Gasteiger partial charge in [-0.3, -0.25) is 4.79 Å². The summed E-state index contributed by atoms with van der Waals surface area (Å²) >= 11 is 8.36. The molecule has 0 radical (unpaired) electrons. The van der Waals surface area contributed by atoms with E-state index >= 15 is 0 Å². The van der Waals surface area contributed by atoms with Gasteiger partial charge in [0.2, 0.25) is 0 Å². The molecule has 5 heteroatoms. The summed E-state index contributed by atoms with van der Waals surface area (Å²) in [6.45, 7) is 1.79. The molecule has 0 saturated heterocycles. The molecule has 0 bridgehead atoms. The Morgan fingerprint density at radius 2 is 2.36 bits per heavy atom. The monoisotopic (exact) mass is 243 g/mol. The third kappa shape index (κ3) is 1.73. The second-order valence-electron chi connectivity index (χ2n) is 2.68. The summed E-state index contributed by atoms with van der Waals surface area (Å²) < 4.78 is 0. The SMILES string of the molecule is Cc1nc(-c2cccs2)sc1C(=O)Cl. The highest BCUT2D eigenvalue weighted by atomic mass is 35.5. The number of hydrogen-bond acceptors (Lipinski definition) is 4. The molecule has 2 heterocycles. The molecule has 2 rings (SSSR count). The van der Waals surface area contributed by atoms with E-state index in [0.29, 0.717) is 10.6 Å². The number of thiazole rings is 1. The molecule has 2 aromatic heterocycles. The molecule has 2 aromatic rings. The van der Waals surface area contributed by atoms with E-state index in [1.54, 1.807) is 18.3 Å². The summed E-state index contributed by atoms with van der Waals surface area (Å²) in [6.07, 6.45) is 0. The van der Waals surface area contributed by atoms with Crippen LogP contribution < -0.4 is 0 Å². The highest BCUT2D eigenvalue weighted by Crippen LogP contribution is 2.31. The first-order chi connectivity index (χ1) is 6.68. The highest BCUT2D eigenvalue weighted by molar-refractivity contribution is 7.22. The number of aromatic nitrogens is 1. The van der Waals surface area contributed by atoms with E-state index in [-0.39, 0.29) is 0 Å². The molecule has 72 valence electrons. The molecule has 0 aliphatic carbocycles. The number of rotatable bonds is 2. The fourth-order valence-electron chi connectivity index (χ4n) is 1.08. The van der Waals surface area contributed by atoms with Gasteiger partial charge in [0.05, 0.1) is 10.6 Å². The van der Waals surface area contributed by atoms with Crippen LogP contribution in [-0.4, -0.2) is 10.2 Å². The van der Waals surface area contributed by atoms with Crippen molar-refractivity contribution in [2.24, 2.45) is 0 Å². The third-order valence-corrected chi connectivity index (χ3v) is 4.20. The van der Waals surface area contributed by atoms with E-state index in [1.165, 1.54) is 11.3 Å². The maximum atomic E-state index is 11.0. The molecule has 0 fully saturated rings. The Labute approximate surface area is 94.2 Å². The standard InChI is InChI=1S/C9H6ClNOS2/c1-5-7(8(10)12)14-9(11-5)6-3-2-4-13-6/h2-4H,1H3. The number of halogens is 1. The quantitative estimate of drug-likeness (QED) is 0.755. The van der Waals surface area contributed by atoms with Crippen LogP contribution in [0.4, 0.5) is 0 Å². The van der Waals surface area contributed by atoms with Crippen LogP contribution in [0, 0.1) is 6.92 Å². The average molecular weight is 244 g/mol. The van der Waals surface area contributed by atoms with Gasteiger partial charge in [-0.2, -0.15) is 0 Å². The number of thiophene rings is 1. The van der Waals surface area contributed by atoms with Crippen molar-refractivity contribution in [3.63, 3.8) is 0 Å². The Morgan fingerprint density at radius 1 is 1.57 bits per heavy atom. The van der Waals surface area contributed by atoms with E-state index in [1.807, 2.05) is 17.5 Å². The van der Waals surface area contributed by atoms with Crippen molar-refractivity contribution in [2.45, 2.75) is 6.92 Å². The zero-order valence-corrected chi connectivity index (χ0v) is 9.67. The van der Waals surface area contributed by atoms with Crippen molar-refractivity contribution in [3.8, 4) is 9.88 Å². The molecule has 2 nitrogen and oxygen atoms in total. The van der Waals surface area contributed by atoms with Gasteiger partial charge in [-0.25, -0.2) is 4.98 Å². The number of nitrogens with zero attached hydrogens (tertiary/aromatic N) is 1. The molecular formula is C9H6ClNOS2. The van der Waals surface area contributed by atoms with Gasteiger partial charge < -0.3 is 0 Å². The topological polar surface area (TPSA) is 30.0 Å². The van der Waals surface area contributed by atoms with Gasteiger partial charge >= 0.3 is 0 Å². The molecule has 0 aromatic carbocycles. The Bertz CT molecular complexity index is 461. The lowest BCUT2D eigenvalue weighted by molar-refractivity contribution is 0.108. The van der Waals surface area contributed by atoms with Crippen LogP contribution >= 0.6 is 34.3 Å². The lowest BCUT2D eigenvalue weighted by atomic mass is 10.4. The van der Waals surface area contributed by atoms with Gasteiger partial charge in [-0.15, -0.1) is 22.7 Å². The molecule has 0 atom stereocenters. The second-order valence-corrected chi connectivity index (χ2v) is 4.97. The normalized spacial score (nSPS) is 10.4. The molecule has 0 amide bonds. The molecule has 0 N–H and O–H groups in total. The van der Waals surface area contributed by atoms with Crippen LogP contribution in [-0.2, 0) is 0 Å². The van der Waals surface area contributed by atoms with Crippen molar-refractivity contribution in [1.29, 1.82) is 0 Å². The molecule has 14 heavy (non-hydrogen) atoms. The zero-order chi connectivity index (χ0) is 10.1. The first-order valence-corrected chi connectivity index (χ1v) is 5.97. The summed E-state index contributed by atoms with van der Waals surface area (Å²) in [6, 6.07) is 3.93. The Balaban J connectivity index is 2.48. The van der Waals surface area contributed by atoms with Gasteiger partial charge in [-0.05, 0) is 30.0 Å². The summed E-state index contributed by atoms with van der Waals surface area (Å²) in [7, 11) is 0. The third-order valence-electron chi connectivity index (χ3n) is 1.71. The molecule has 0 unspecified atom stereocenters. The lowest BCUT2D eigenvalue weighted by Crippen LogP contribution is -1.86. The van der Waals surface area contributed by atoms with Crippen LogP contribution in [0.1, 0.15) is 15.4 Å². The molecule has 0 saturated carbocycles. The number of aryl methyl sites for hydroxylation is 1. The van der Waals surface area contributed by atoms with Gasteiger partial charge in [0.1, 0.15) is 9.88 Å². The van der Waals surface area contributed by atoms with Crippen molar-refractivity contribution in [1.82, 2.24) is 4.98 Å². The highest BCUT2D eigenvalue weighted by Gasteiger charge is 2.14. The van der Waals surface area contributed by atoms with Crippen molar-refractivity contribution in [2.75, 3.05) is 0 Å². The first-order valence-electron chi connectivity index (χ1n) is 3.89. The number of hydrogen-bond donors (Lipinski definition) is 0. The van der Waals surface area contributed by atoms with Gasteiger partial charge in [0.25, 0.3) is 5.24 Å². The second kappa shape index (κ2) is 3.81. The molecule has 0 aliphatic heterocycles. The fourth-order valence-corrected chi connectivity index (χ4v) is 3.03. The van der Waals surface area contributed by atoms with Crippen molar-refractivity contribution >= 4 is 39.5 Å². The zero-order valence-electron chi connectivity index (χ0n) is 7.28. The molecule has 0 spiro atoms. The predicted octanol–water partition coefficient (Wildman–Crippen LogP) is 3.56. The van der Waals surface area contributed by atoms with Crippen LogP contribution in [0.15, 0.2) is 17.5 Å². The molecule has 0 aliphatic rings. The van der Waals surface area contributed by atoms with Crippen molar-refractivity contribution in [3.05, 3.63) is 28.1 Å². The van der Waals surface area contributed by atoms with Gasteiger partial charge in [-0.1, -0.05) is 6.07 Å². The van der Waals surface area contributed by atoms with Crippen LogP contribution in [0.3, 0.4) is 0 Å². The van der Waals surface area contributed by atoms with E-state index < -0.39 is 5.24 Å². The lowest BCUT2D eigenvalue weighted by Gasteiger charge is -1.84. The van der Waals surface area contributed by atoms with E-state index in [4.69, 9.17) is 11.6 Å². The fraction of sp³-hybridized carbons (Fsp3) is 0.111. The Kier molecular flexibility index (Phi) is 2.67. The summed E-state index contributed by atoms with van der Waals surface area (Å²) in [5, 5.41) is 2.41. The Hall–Kier alpha value is -0.710. The Morgan fingerprint density at radius 3 is 2.86 bits per heavy atom. The molecular weight excluding hydrogens is 238 g/mol. The minimum absolute atomic E-state index is 0.428. The maximum Gasteiger partial charge on any atom is 0.264 e. The van der Waals surface area contributed by atoms with E-state index in [0.717, 1.165) is 9.88 Å². The summed E-state index contributed by atoms with van der Waals surface area (Å²) in [4.78, 5) is 16.9. The summed E-state index contributed by atoms with van der Waals surface area (Å²) in [5.41, 5.74) is 0.707. The largest absolute Gasteiger partial charge is 0.275 e. The van der Waals surface area contributed by atoms with Crippen molar-refractivity contribution < 1.29 is 4.79 Å². The van der Waals surface area contributed by atoms with E-state index in [2.05, 4.69) is 4.98 Å². The van der Waals surface area contributed by atoms with Crippen LogP contribution in [0.25, 0.3) is 9.88 Å². The van der Waals surface area contributed by atoms with Gasteiger partial charge in [0, 0.05) is 0 Å².